The van der Waals surface area contributed by atoms with Gasteiger partial charge >= 0.3 is 0 Å². The standard InChI is InChI=1S/C14H21N5O3S/c1-9-13-12(18(4)15-9)7-19(16-13)10(2)14(20)17(3)11-5-6-23(21,22)8-11/h7,10-11H,5-6,8H2,1-4H3/t10-,11-/m0/s1. The molecule has 0 aliphatic carbocycles. The first-order valence-corrected chi connectivity index (χ1v) is 9.37. The van der Waals surface area contributed by atoms with Gasteiger partial charge in [-0.15, -0.1) is 0 Å². The van der Waals surface area contributed by atoms with Crippen LogP contribution >= 0.6 is 0 Å². The smallest absolute Gasteiger partial charge is 0.247 e. The predicted molar refractivity (Wildman–Crippen MR) is 85.8 cm³/mol. The Morgan fingerprint density at radius 2 is 2.13 bits per heavy atom. The molecular weight excluding hydrogens is 318 g/mol. The lowest BCUT2D eigenvalue weighted by atomic mass is 10.2. The van der Waals surface area contributed by atoms with Gasteiger partial charge in [-0.2, -0.15) is 10.2 Å². The molecule has 1 amide bonds. The number of nitrogens with zero attached hydrogens (tertiary/aromatic N) is 5. The number of carbonyl (C=O) groups is 1. The van der Waals surface area contributed by atoms with E-state index in [-0.39, 0.29) is 23.5 Å². The van der Waals surface area contributed by atoms with Gasteiger partial charge in [0.2, 0.25) is 5.91 Å². The van der Waals surface area contributed by atoms with Crippen LogP contribution in [-0.2, 0) is 21.7 Å². The van der Waals surface area contributed by atoms with Crippen molar-refractivity contribution in [3.8, 4) is 0 Å². The van der Waals surface area contributed by atoms with Gasteiger partial charge in [0, 0.05) is 20.1 Å². The highest BCUT2D eigenvalue weighted by Gasteiger charge is 2.34. The summed E-state index contributed by atoms with van der Waals surface area (Å²) >= 11 is 0. The summed E-state index contributed by atoms with van der Waals surface area (Å²) in [7, 11) is 0.489. The van der Waals surface area contributed by atoms with Crippen molar-refractivity contribution in [3.63, 3.8) is 0 Å². The number of amides is 1. The van der Waals surface area contributed by atoms with Crippen LogP contribution < -0.4 is 0 Å². The van der Waals surface area contributed by atoms with Crippen molar-refractivity contribution in [2.75, 3.05) is 18.6 Å². The van der Waals surface area contributed by atoms with Crippen molar-refractivity contribution in [2.45, 2.75) is 32.4 Å². The molecule has 23 heavy (non-hydrogen) atoms. The van der Waals surface area contributed by atoms with Crippen molar-refractivity contribution in [3.05, 3.63) is 11.9 Å². The molecule has 1 aliphatic rings. The van der Waals surface area contributed by atoms with E-state index < -0.39 is 15.9 Å². The highest BCUT2D eigenvalue weighted by atomic mass is 32.2. The van der Waals surface area contributed by atoms with Gasteiger partial charge in [0.1, 0.15) is 17.1 Å². The average molecular weight is 339 g/mol. The van der Waals surface area contributed by atoms with Gasteiger partial charge in [-0.3, -0.25) is 14.2 Å². The molecule has 3 rings (SSSR count). The summed E-state index contributed by atoms with van der Waals surface area (Å²) in [6.07, 6.45) is 2.30. The van der Waals surface area contributed by atoms with Crippen LogP contribution in [0.5, 0.6) is 0 Å². The summed E-state index contributed by atoms with van der Waals surface area (Å²) in [5, 5.41) is 8.75. The van der Waals surface area contributed by atoms with E-state index in [1.807, 2.05) is 14.0 Å². The molecule has 8 nitrogen and oxygen atoms in total. The molecule has 126 valence electrons. The maximum Gasteiger partial charge on any atom is 0.247 e. The van der Waals surface area contributed by atoms with E-state index in [4.69, 9.17) is 0 Å². The highest BCUT2D eigenvalue weighted by molar-refractivity contribution is 7.91. The molecule has 2 aromatic rings. The quantitative estimate of drug-likeness (QED) is 0.801. The van der Waals surface area contributed by atoms with Crippen LogP contribution in [0.4, 0.5) is 0 Å². The van der Waals surface area contributed by atoms with Gasteiger partial charge in [0.25, 0.3) is 0 Å². The number of aryl methyl sites for hydroxylation is 2. The molecule has 0 N–H and O–H groups in total. The fourth-order valence-electron chi connectivity index (χ4n) is 3.07. The van der Waals surface area contributed by atoms with Crippen LogP contribution in [-0.4, -0.2) is 63.4 Å². The molecule has 0 unspecified atom stereocenters. The molecular formula is C14H21N5O3S. The normalized spacial score (nSPS) is 21.7. The van der Waals surface area contributed by atoms with Gasteiger partial charge in [-0.25, -0.2) is 8.42 Å². The van der Waals surface area contributed by atoms with Crippen LogP contribution in [0.1, 0.15) is 25.1 Å². The topological polar surface area (TPSA) is 90.1 Å². The van der Waals surface area contributed by atoms with Crippen molar-refractivity contribution in [1.82, 2.24) is 24.5 Å². The van der Waals surface area contributed by atoms with Gasteiger partial charge in [0.05, 0.1) is 23.4 Å². The molecule has 2 aromatic heterocycles. The Kier molecular flexibility index (Phi) is 3.70. The van der Waals surface area contributed by atoms with Crippen LogP contribution in [0.25, 0.3) is 11.0 Å². The molecule has 2 atom stereocenters. The van der Waals surface area contributed by atoms with Crippen molar-refractivity contribution in [2.24, 2.45) is 7.05 Å². The fraction of sp³-hybridized carbons (Fsp3) is 0.643. The second-order valence-electron chi connectivity index (χ2n) is 6.23. The lowest BCUT2D eigenvalue weighted by Crippen LogP contribution is -2.41. The second kappa shape index (κ2) is 5.33. The Labute approximate surface area is 135 Å². The Hall–Kier alpha value is -1.90. The molecule has 1 saturated heterocycles. The predicted octanol–water partition coefficient (Wildman–Crippen LogP) is 0.285. The largest absolute Gasteiger partial charge is 0.340 e. The Morgan fingerprint density at radius 3 is 2.70 bits per heavy atom. The van der Waals surface area contributed by atoms with Gasteiger partial charge < -0.3 is 4.90 Å². The summed E-state index contributed by atoms with van der Waals surface area (Å²) in [6, 6.07) is -0.738. The third-order valence-corrected chi connectivity index (χ3v) is 6.31. The zero-order chi connectivity index (χ0) is 16.9. The Morgan fingerprint density at radius 1 is 1.43 bits per heavy atom. The summed E-state index contributed by atoms with van der Waals surface area (Å²) in [5.41, 5.74) is 2.46. The molecule has 9 heteroatoms. The summed E-state index contributed by atoms with van der Waals surface area (Å²) in [6.45, 7) is 3.65. The first-order chi connectivity index (χ1) is 10.7. The van der Waals surface area contributed by atoms with Crippen LogP contribution in [0.3, 0.4) is 0 Å². The maximum absolute atomic E-state index is 12.7. The summed E-state index contributed by atoms with van der Waals surface area (Å²) < 4.78 is 26.6. The highest BCUT2D eigenvalue weighted by Crippen LogP contribution is 2.22. The number of carbonyl (C=O) groups excluding carboxylic acids is 1. The van der Waals surface area contributed by atoms with E-state index in [1.54, 1.807) is 34.4 Å². The molecule has 0 aromatic carbocycles. The van der Waals surface area contributed by atoms with Crippen molar-refractivity contribution < 1.29 is 13.2 Å². The van der Waals surface area contributed by atoms with E-state index >= 15 is 0 Å². The minimum Gasteiger partial charge on any atom is -0.340 e. The molecule has 0 radical (unpaired) electrons. The summed E-state index contributed by atoms with van der Waals surface area (Å²) in [5.74, 6) is 0.0669. The number of aromatic nitrogens is 4. The van der Waals surface area contributed by atoms with E-state index in [0.29, 0.717) is 6.42 Å². The van der Waals surface area contributed by atoms with E-state index in [1.165, 1.54) is 0 Å². The minimum atomic E-state index is -3.02. The minimum absolute atomic E-state index is 0.0477. The Bertz CT molecular complexity index is 832. The average Bonchev–Trinajstić information content (AvgIpc) is 3.14. The second-order valence-corrected chi connectivity index (χ2v) is 8.46. The fourth-order valence-corrected chi connectivity index (χ4v) is 4.84. The number of hydrogen-bond donors (Lipinski definition) is 0. The zero-order valence-corrected chi connectivity index (χ0v) is 14.5. The van der Waals surface area contributed by atoms with E-state index in [2.05, 4.69) is 10.2 Å². The van der Waals surface area contributed by atoms with Gasteiger partial charge in [-0.1, -0.05) is 0 Å². The zero-order valence-electron chi connectivity index (χ0n) is 13.7. The molecule has 0 bridgehead atoms. The molecule has 1 aliphatic heterocycles. The first kappa shape index (κ1) is 16.0. The number of likely N-dealkylation sites (N-methyl/N-ethyl adjacent to an activating group) is 1. The van der Waals surface area contributed by atoms with E-state index in [0.717, 1.165) is 16.7 Å². The van der Waals surface area contributed by atoms with Crippen molar-refractivity contribution >= 4 is 26.8 Å². The number of rotatable bonds is 3. The monoisotopic (exact) mass is 339 g/mol. The molecule has 1 fully saturated rings. The van der Waals surface area contributed by atoms with Crippen LogP contribution in [0.2, 0.25) is 0 Å². The molecule has 3 heterocycles. The van der Waals surface area contributed by atoms with E-state index in [9.17, 15) is 13.2 Å². The van der Waals surface area contributed by atoms with Gasteiger partial charge in [-0.05, 0) is 20.3 Å². The third-order valence-electron chi connectivity index (χ3n) is 4.56. The third kappa shape index (κ3) is 2.73. The molecule has 0 saturated carbocycles. The van der Waals surface area contributed by atoms with Gasteiger partial charge in [0.15, 0.2) is 9.84 Å². The number of sulfone groups is 1. The van der Waals surface area contributed by atoms with Crippen molar-refractivity contribution in [1.29, 1.82) is 0 Å². The van der Waals surface area contributed by atoms with Crippen LogP contribution in [0.15, 0.2) is 6.20 Å². The lowest BCUT2D eigenvalue weighted by Gasteiger charge is -2.26. The molecule has 0 spiro atoms. The number of hydrogen-bond acceptors (Lipinski definition) is 5. The lowest BCUT2D eigenvalue weighted by molar-refractivity contribution is -0.134. The Balaban J connectivity index is 1.82. The maximum atomic E-state index is 12.7. The number of fused-ring (bicyclic) bond motifs is 1. The SMILES string of the molecule is Cc1nn(C)c2cn([C@@H](C)C(=O)N(C)[C@H]3CCS(=O)(=O)C3)nc12. The summed E-state index contributed by atoms with van der Waals surface area (Å²) in [4.78, 5) is 14.2. The first-order valence-electron chi connectivity index (χ1n) is 7.55. The van der Waals surface area contributed by atoms with Crippen LogP contribution in [0, 0.1) is 6.92 Å².